The van der Waals surface area contributed by atoms with Crippen molar-refractivity contribution in [2.45, 2.75) is 39.4 Å². The summed E-state index contributed by atoms with van der Waals surface area (Å²) in [5, 5.41) is 8.87. The van der Waals surface area contributed by atoms with Crippen LogP contribution in [0.1, 0.15) is 43.4 Å². The van der Waals surface area contributed by atoms with Crippen molar-refractivity contribution in [1.29, 1.82) is 0 Å². The van der Waals surface area contributed by atoms with E-state index in [4.69, 9.17) is 9.84 Å². The Morgan fingerprint density at radius 1 is 1.20 bits per heavy atom. The summed E-state index contributed by atoms with van der Waals surface area (Å²) in [6, 6.07) is 2.78. The molecular weight excluding hydrogens is 466 g/mol. The molecule has 0 radical (unpaired) electrons. The Morgan fingerprint density at radius 3 is 2.43 bits per heavy atom. The Kier molecular flexibility index (Phi) is 11.7. The van der Waals surface area contributed by atoms with Gasteiger partial charge in [0.05, 0.1) is 5.56 Å². The van der Waals surface area contributed by atoms with Crippen LogP contribution in [0.5, 0.6) is 0 Å². The van der Waals surface area contributed by atoms with Crippen LogP contribution in [-0.4, -0.2) is 35.7 Å². The Morgan fingerprint density at radius 2 is 1.89 bits per heavy atom. The summed E-state index contributed by atoms with van der Waals surface area (Å²) in [7, 11) is 1.35. The molecule has 190 valence electrons. The second-order valence-electron chi connectivity index (χ2n) is 7.43. The van der Waals surface area contributed by atoms with Gasteiger partial charge in [0, 0.05) is 25.6 Å². The average Bonchev–Trinajstić information content (AvgIpc) is 2.80. The number of carbonyl (C=O) groups is 2. The SMILES string of the molecule is C=C/C=C\C(=C/C)COC(=O)N(C)Cc1cc(C(F)(F)F)ccc1C(=C/CCC(=O)O)/C(F)=C\C. The molecule has 9 heteroatoms. The van der Waals surface area contributed by atoms with Gasteiger partial charge < -0.3 is 14.7 Å². The molecule has 0 fully saturated rings. The largest absolute Gasteiger partial charge is 0.481 e. The molecule has 0 aliphatic heterocycles. The zero-order valence-corrected chi connectivity index (χ0v) is 19.9. The predicted molar refractivity (Wildman–Crippen MR) is 127 cm³/mol. The lowest BCUT2D eigenvalue weighted by Crippen LogP contribution is -2.28. The van der Waals surface area contributed by atoms with Crippen molar-refractivity contribution in [2.24, 2.45) is 0 Å². The zero-order chi connectivity index (χ0) is 26.6. The second kappa shape index (κ2) is 13.9. The number of halogens is 4. The molecule has 0 aliphatic carbocycles. The van der Waals surface area contributed by atoms with Gasteiger partial charge in [0.15, 0.2) is 0 Å². The molecule has 0 saturated carbocycles. The van der Waals surface area contributed by atoms with Crippen LogP contribution in [0.3, 0.4) is 0 Å². The minimum atomic E-state index is -4.66. The van der Waals surface area contributed by atoms with Crippen LogP contribution in [-0.2, 0) is 22.3 Å². The number of amides is 1. The standard InChI is InChI=1S/C26H29F4NO4/c1-5-8-10-18(6-2)17-35-25(34)31(4)16-19-15-20(26(28,29)30)13-14-21(19)22(23(27)7-3)11-9-12-24(32)33/h5-8,10-11,13-15H,1,9,12,16-17H2,2-4H3,(H,32,33)/b10-8-,18-6+,22-11-,23-7+. The number of hydrogen-bond acceptors (Lipinski definition) is 3. The highest BCUT2D eigenvalue weighted by atomic mass is 19.4. The first-order valence-electron chi connectivity index (χ1n) is 10.7. The van der Waals surface area contributed by atoms with E-state index >= 15 is 0 Å². The monoisotopic (exact) mass is 495 g/mol. The smallest absolute Gasteiger partial charge is 0.416 e. The molecule has 35 heavy (non-hydrogen) atoms. The number of carbonyl (C=O) groups excluding carboxylic acids is 1. The number of allylic oxidation sites excluding steroid dienone is 7. The van der Waals surface area contributed by atoms with Crippen molar-refractivity contribution >= 4 is 17.6 Å². The van der Waals surface area contributed by atoms with Gasteiger partial charge in [-0.25, -0.2) is 9.18 Å². The van der Waals surface area contributed by atoms with Gasteiger partial charge in [-0.15, -0.1) is 0 Å². The normalized spacial score (nSPS) is 13.2. The van der Waals surface area contributed by atoms with Crippen LogP contribution in [0.15, 0.2) is 72.6 Å². The van der Waals surface area contributed by atoms with Crippen molar-refractivity contribution in [3.63, 3.8) is 0 Å². The molecule has 5 nitrogen and oxygen atoms in total. The van der Waals surface area contributed by atoms with Gasteiger partial charge in [0.2, 0.25) is 0 Å². The molecule has 0 heterocycles. The average molecular weight is 496 g/mol. The first-order valence-corrected chi connectivity index (χ1v) is 10.7. The van der Waals surface area contributed by atoms with Gasteiger partial charge in [-0.3, -0.25) is 4.79 Å². The second-order valence-corrected chi connectivity index (χ2v) is 7.43. The summed E-state index contributed by atoms with van der Waals surface area (Å²) in [5.74, 6) is -1.83. The Balaban J connectivity index is 3.33. The fourth-order valence-corrected chi connectivity index (χ4v) is 2.99. The van der Waals surface area contributed by atoms with Gasteiger partial charge in [-0.2, -0.15) is 13.2 Å². The van der Waals surface area contributed by atoms with E-state index in [1.807, 2.05) is 0 Å². The predicted octanol–water partition coefficient (Wildman–Crippen LogP) is 7.08. The third-order valence-corrected chi connectivity index (χ3v) is 4.84. The highest BCUT2D eigenvalue weighted by Gasteiger charge is 2.31. The molecule has 1 amide bonds. The minimum absolute atomic E-state index is 0.0238. The maximum Gasteiger partial charge on any atom is 0.416 e. The fourth-order valence-electron chi connectivity index (χ4n) is 2.99. The lowest BCUT2D eigenvalue weighted by atomic mass is 9.94. The first kappa shape index (κ1) is 29.4. The van der Waals surface area contributed by atoms with Crippen LogP contribution < -0.4 is 0 Å². The molecular formula is C26H29F4NO4. The number of ether oxygens (including phenoxy) is 1. The molecule has 1 aromatic rings. The number of carboxylic acid groups (broad SMARTS) is 1. The van der Waals surface area contributed by atoms with E-state index in [0.717, 1.165) is 29.2 Å². The summed E-state index contributed by atoms with van der Waals surface area (Å²) in [6.45, 7) is 6.35. The fraction of sp³-hybridized carbons (Fsp3) is 0.308. The first-order chi connectivity index (χ1) is 16.4. The topological polar surface area (TPSA) is 66.8 Å². The van der Waals surface area contributed by atoms with Crippen LogP contribution >= 0.6 is 0 Å². The molecule has 1 N–H and O–H groups in total. The molecule has 0 aliphatic rings. The van der Waals surface area contributed by atoms with E-state index in [2.05, 4.69) is 6.58 Å². The third kappa shape index (κ3) is 9.64. The number of carboxylic acids is 1. The Bertz CT molecular complexity index is 1040. The molecule has 0 atom stereocenters. The molecule has 0 saturated heterocycles. The van der Waals surface area contributed by atoms with Gasteiger partial charge in [-0.05, 0) is 49.1 Å². The van der Waals surface area contributed by atoms with E-state index in [1.165, 1.54) is 20.0 Å². The van der Waals surface area contributed by atoms with Crippen molar-refractivity contribution < 1.29 is 37.0 Å². The summed E-state index contributed by atoms with van der Waals surface area (Å²) in [4.78, 5) is 24.4. The summed E-state index contributed by atoms with van der Waals surface area (Å²) >= 11 is 0. The lowest BCUT2D eigenvalue weighted by Gasteiger charge is -2.21. The molecule has 1 aromatic carbocycles. The van der Waals surface area contributed by atoms with Gasteiger partial charge >= 0.3 is 18.2 Å². The van der Waals surface area contributed by atoms with E-state index in [-0.39, 0.29) is 42.7 Å². The molecule has 0 bridgehead atoms. The van der Waals surface area contributed by atoms with E-state index in [9.17, 15) is 27.2 Å². The van der Waals surface area contributed by atoms with E-state index in [0.29, 0.717) is 5.57 Å². The van der Waals surface area contributed by atoms with Gasteiger partial charge in [0.1, 0.15) is 12.4 Å². The van der Waals surface area contributed by atoms with Crippen molar-refractivity contribution in [3.05, 3.63) is 89.3 Å². The summed E-state index contributed by atoms with van der Waals surface area (Å²) in [6.07, 6.45) is 3.32. The van der Waals surface area contributed by atoms with Crippen molar-refractivity contribution in [3.8, 4) is 0 Å². The van der Waals surface area contributed by atoms with Crippen LogP contribution in [0.25, 0.3) is 5.57 Å². The van der Waals surface area contributed by atoms with Crippen molar-refractivity contribution in [1.82, 2.24) is 4.90 Å². The highest BCUT2D eigenvalue weighted by Crippen LogP contribution is 2.35. The number of rotatable bonds is 11. The van der Waals surface area contributed by atoms with Gasteiger partial charge in [0.25, 0.3) is 0 Å². The molecule has 0 aromatic heterocycles. The van der Waals surface area contributed by atoms with E-state index < -0.39 is 29.6 Å². The van der Waals surface area contributed by atoms with E-state index in [1.54, 1.807) is 31.2 Å². The minimum Gasteiger partial charge on any atom is -0.481 e. The number of benzene rings is 1. The number of aliphatic carboxylic acids is 1. The maximum absolute atomic E-state index is 14.7. The third-order valence-electron chi connectivity index (χ3n) is 4.84. The van der Waals surface area contributed by atoms with Crippen LogP contribution in [0.2, 0.25) is 0 Å². The van der Waals surface area contributed by atoms with Gasteiger partial charge in [-0.1, -0.05) is 49.1 Å². The van der Waals surface area contributed by atoms with Crippen molar-refractivity contribution in [2.75, 3.05) is 13.7 Å². The zero-order valence-electron chi connectivity index (χ0n) is 19.9. The highest BCUT2D eigenvalue weighted by molar-refractivity contribution is 5.80. The van der Waals surface area contributed by atoms with Crippen LogP contribution in [0, 0.1) is 0 Å². The number of alkyl halides is 3. The summed E-state index contributed by atoms with van der Waals surface area (Å²) in [5.41, 5.74) is -0.192. The Hall–Kier alpha value is -3.62. The summed E-state index contributed by atoms with van der Waals surface area (Å²) < 4.78 is 60.0. The quantitative estimate of drug-likeness (QED) is 0.263. The molecule has 0 spiro atoms. The van der Waals surface area contributed by atoms with Crippen LogP contribution in [0.4, 0.5) is 22.4 Å². The number of nitrogens with zero attached hydrogens (tertiary/aromatic N) is 1. The molecule has 1 rings (SSSR count). The lowest BCUT2D eigenvalue weighted by molar-refractivity contribution is -0.138. The Labute approximate surface area is 202 Å². The molecule has 0 unspecified atom stereocenters. The number of hydrogen-bond donors (Lipinski definition) is 1. The maximum atomic E-state index is 14.7.